The zero-order valence-corrected chi connectivity index (χ0v) is 13.1. The minimum atomic E-state index is 0.560. The van der Waals surface area contributed by atoms with Gasteiger partial charge in [0.2, 0.25) is 0 Å². The maximum absolute atomic E-state index is 6.02. The summed E-state index contributed by atoms with van der Waals surface area (Å²) in [5.74, 6) is 1.52. The Morgan fingerprint density at radius 2 is 1.75 bits per heavy atom. The Kier molecular flexibility index (Phi) is 6.64. The van der Waals surface area contributed by atoms with Crippen LogP contribution in [0.3, 0.4) is 0 Å². The smallest absolute Gasteiger partial charge is 0.188 e. The van der Waals surface area contributed by atoms with Gasteiger partial charge in [-0.15, -0.1) is 0 Å². The van der Waals surface area contributed by atoms with E-state index in [1.807, 2.05) is 0 Å². The standard InChI is InChI=1S/C16H32N4/c1-20-12-9-14(10-13-20)8-11-18-16(17)19-15-6-4-2-3-5-7-15/h14-15H,2-13H2,1H3,(H3,17,18,19). The highest BCUT2D eigenvalue weighted by Crippen LogP contribution is 2.19. The van der Waals surface area contributed by atoms with Crippen LogP contribution in [0.1, 0.15) is 57.8 Å². The van der Waals surface area contributed by atoms with Crippen LogP contribution < -0.4 is 11.1 Å². The van der Waals surface area contributed by atoms with Crippen LogP contribution in [0.4, 0.5) is 0 Å². The molecule has 0 aromatic carbocycles. The van der Waals surface area contributed by atoms with Crippen molar-refractivity contribution in [1.29, 1.82) is 0 Å². The van der Waals surface area contributed by atoms with Crippen molar-refractivity contribution >= 4 is 5.96 Å². The van der Waals surface area contributed by atoms with E-state index in [1.165, 1.54) is 70.9 Å². The van der Waals surface area contributed by atoms with Crippen molar-refractivity contribution in [2.45, 2.75) is 63.8 Å². The first-order valence-electron chi connectivity index (χ1n) is 8.49. The van der Waals surface area contributed by atoms with Crippen LogP contribution in [0.2, 0.25) is 0 Å². The molecule has 0 amide bonds. The number of nitrogens with zero attached hydrogens (tertiary/aromatic N) is 2. The van der Waals surface area contributed by atoms with Gasteiger partial charge in [-0.3, -0.25) is 4.99 Å². The molecule has 3 N–H and O–H groups in total. The number of likely N-dealkylation sites (tertiary alicyclic amines) is 1. The van der Waals surface area contributed by atoms with Crippen molar-refractivity contribution in [3.05, 3.63) is 0 Å². The molecule has 0 atom stereocenters. The number of nitrogens with two attached hydrogens (primary N) is 1. The predicted octanol–water partition coefficient (Wildman–Crippen LogP) is 2.35. The predicted molar refractivity (Wildman–Crippen MR) is 86.0 cm³/mol. The van der Waals surface area contributed by atoms with E-state index in [-0.39, 0.29) is 0 Å². The molecule has 0 spiro atoms. The third-order valence-electron chi connectivity index (χ3n) is 4.86. The van der Waals surface area contributed by atoms with Crippen molar-refractivity contribution in [1.82, 2.24) is 10.2 Å². The van der Waals surface area contributed by atoms with Gasteiger partial charge in [0, 0.05) is 12.6 Å². The van der Waals surface area contributed by atoms with E-state index in [9.17, 15) is 0 Å². The van der Waals surface area contributed by atoms with Gasteiger partial charge in [-0.25, -0.2) is 0 Å². The highest BCUT2D eigenvalue weighted by atomic mass is 15.1. The van der Waals surface area contributed by atoms with Crippen molar-refractivity contribution in [3.63, 3.8) is 0 Å². The number of piperidine rings is 1. The van der Waals surface area contributed by atoms with E-state index in [4.69, 9.17) is 5.73 Å². The molecule has 0 aromatic heterocycles. The van der Waals surface area contributed by atoms with Crippen LogP contribution in [0, 0.1) is 5.92 Å². The number of rotatable bonds is 4. The second-order valence-corrected chi connectivity index (χ2v) is 6.64. The maximum Gasteiger partial charge on any atom is 0.188 e. The second kappa shape index (κ2) is 8.50. The van der Waals surface area contributed by atoms with Gasteiger partial charge in [-0.2, -0.15) is 0 Å². The molecule has 1 heterocycles. The van der Waals surface area contributed by atoms with Gasteiger partial charge in [-0.1, -0.05) is 25.7 Å². The molecular formula is C16H32N4. The van der Waals surface area contributed by atoms with Crippen LogP contribution in [0.15, 0.2) is 4.99 Å². The molecule has 1 aliphatic carbocycles. The van der Waals surface area contributed by atoms with Gasteiger partial charge in [0.25, 0.3) is 0 Å². The Morgan fingerprint density at radius 1 is 1.10 bits per heavy atom. The van der Waals surface area contributed by atoms with Crippen molar-refractivity contribution < 1.29 is 0 Å². The normalized spacial score (nSPS) is 24.6. The maximum atomic E-state index is 6.02. The molecule has 1 aliphatic heterocycles. The molecule has 2 rings (SSSR count). The Balaban J connectivity index is 1.63. The van der Waals surface area contributed by atoms with Crippen LogP contribution in [-0.4, -0.2) is 43.6 Å². The van der Waals surface area contributed by atoms with Crippen LogP contribution in [0.5, 0.6) is 0 Å². The van der Waals surface area contributed by atoms with Gasteiger partial charge in [0.05, 0.1) is 0 Å². The average Bonchev–Trinajstić information content (AvgIpc) is 2.70. The molecule has 0 unspecified atom stereocenters. The number of nitrogens with one attached hydrogen (secondary N) is 1. The molecule has 4 nitrogen and oxygen atoms in total. The lowest BCUT2D eigenvalue weighted by atomic mass is 9.94. The first kappa shape index (κ1) is 15.6. The Hall–Kier alpha value is -0.770. The molecule has 1 saturated carbocycles. The first-order chi connectivity index (χ1) is 9.74. The molecule has 1 saturated heterocycles. The minimum absolute atomic E-state index is 0.560. The molecule has 20 heavy (non-hydrogen) atoms. The molecule has 0 bridgehead atoms. The molecule has 2 fully saturated rings. The summed E-state index contributed by atoms with van der Waals surface area (Å²) >= 11 is 0. The Labute approximate surface area is 124 Å². The number of aliphatic imine (C=N–C) groups is 1. The first-order valence-corrected chi connectivity index (χ1v) is 8.49. The zero-order chi connectivity index (χ0) is 14.2. The van der Waals surface area contributed by atoms with Gasteiger partial charge in [0.15, 0.2) is 5.96 Å². The highest BCUT2D eigenvalue weighted by molar-refractivity contribution is 5.78. The molecule has 116 valence electrons. The van der Waals surface area contributed by atoms with Crippen molar-refractivity contribution in [3.8, 4) is 0 Å². The summed E-state index contributed by atoms with van der Waals surface area (Å²) in [7, 11) is 2.21. The molecular weight excluding hydrogens is 248 g/mol. The van der Waals surface area contributed by atoms with E-state index >= 15 is 0 Å². The SMILES string of the molecule is CN1CCC(CCN=C(N)NC2CCCCCC2)CC1. The van der Waals surface area contributed by atoms with Crippen LogP contribution in [0.25, 0.3) is 0 Å². The fourth-order valence-corrected chi connectivity index (χ4v) is 3.40. The third kappa shape index (κ3) is 5.70. The third-order valence-corrected chi connectivity index (χ3v) is 4.86. The fraction of sp³-hybridized carbons (Fsp3) is 0.938. The summed E-state index contributed by atoms with van der Waals surface area (Å²) in [6, 6.07) is 0.560. The number of hydrogen-bond acceptors (Lipinski definition) is 2. The average molecular weight is 280 g/mol. The van der Waals surface area contributed by atoms with Crippen molar-refractivity contribution in [2.75, 3.05) is 26.7 Å². The summed E-state index contributed by atoms with van der Waals surface area (Å²) < 4.78 is 0. The van der Waals surface area contributed by atoms with E-state index in [1.54, 1.807) is 0 Å². The lowest BCUT2D eigenvalue weighted by Gasteiger charge is -2.28. The summed E-state index contributed by atoms with van der Waals surface area (Å²) in [6.07, 6.45) is 11.8. The summed E-state index contributed by atoms with van der Waals surface area (Å²) in [5, 5.41) is 3.42. The Morgan fingerprint density at radius 3 is 2.40 bits per heavy atom. The van der Waals surface area contributed by atoms with Crippen molar-refractivity contribution in [2.24, 2.45) is 16.6 Å². The van der Waals surface area contributed by atoms with E-state index in [0.717, 1.165) is 12.5 Å². The van der Waals surface area contributed by atoms with E-state index in [2.05, 4.69) is 22.3 Å². The highest BCUT2D eigenvalue weighted by Gasteiger charge is 2.16. The quantitative estimate of drug-likeness (QED) is 0.472. The van der Waals surface area contributed by atoms with Gasteiger partial charge < -0.3 is 16.0 Å². The number of hydrogen-bond donors (Lipinski definition) is 2. The lowest BCUT2D eigenvalue weighted by molar-refractivity contribution is 0.214. The number of guanidine groups is 1. The fourth-order valence-electron chi connectivity index (χ4n) is 3.40. The molecule has 0 radical (unpaired) electrons. The molecule has 2 aliphatic rings. The van der Waals surface area contributed by atoms with Gasteiger partial charge in [0.1, 0.15) is 0 Å². The summed E-state index contributed by atoms with van der Waals surface area (Å²) in [5.41, 5.74) is 6.02. The topological polar surface area (TPSA) is 53.6 Å². The summed E-state index contributed by atoms with van der Waals surface area (Å²) in [4.78, 5) is 6.95. The van der Waals surface area contributed by atoms with Crippen LogP contribution in [-0.2, 0) is 0 Å². The monoisotopic (exact) mass is 280 g/mol. The van der Waals surface area contributed by atoms with E-state index in [0.29, 0.717) is 12.0 Å². The minimum Gasteiger partial charge on any atom is -0.370 e. The van der Waals surface area contributed by atoms with Gasteiger partial charge in [-0.05, 0) is 58.2 Å². The van der Waals surface area contributed by atoms with Crippen LogP contribution >= 0.6 is 0 Å². The summed E-state index contributed by atoms with van der Waals surface area (Å²) in [6.45, 7) is 3.37. The largest absolute Gasteiger partial charge is 0.370 e. The second-order valence-electron chi connectivity index (χ2n) is 6.64. The molecule has 4 heteroatoms. The Bertz CT molecular complexity index is 287. The van der Waals surface area contributed by atoms with Gasteiger partial charge >= 0.3 is 0 Å². The molecule has 0 aromatic rings. The van der Waals surface area contributed by atoms with E-state index < -0.39 is 0 Å². The lowest BCUT2D eigenvalue weighted by Crippen LogP contribution is -2.40. The zero-order valence-electron chi connectivity index (χ0n) is 13.1.